The maximum Gasteiger partial charge on any atom is 0.164 e. The van der Waals surface area contributed by atoms with Gasteiger partial charge in [-0.2, -0.15) is 0 Å². The van der Waals surface area contributed by atoms with E-state index in [1.165, 1.54) is 54.6 Å². The smallest absolute Gasteiger partial charge is 0.164 e. The molecule has 0 atom stereocenters. The molecule has 0 spiro atoms. The molecule has 0 N–H and O–H groups in total. The van der Waals surface area contributed by atoms with Crippen LogP contribution in [0.15, 0.2) is 180 Å². The van der Waals surface area contributed by atoms with Crippen LogP contribution in [0.1, 0.15) is 25.0 Å². The first-order chi connectivity index (χ1) is 28.5. The van der Waals surface area contributed by atoms with E-state index in [0.29, 0.717) is 17.5 Å². The molecule has 9 aromatic carbocycles. The Hall–Kier alpha value is -7.43. The predicted molar refractivity (Wildman–Crippen MR) is 239 cm³/mol. The van der Waals surface area contributed by atoms with Crippen molar-refractivity contribution in [3.63, 3.8) is 0 Å². The van der Waals surface area contributed by atoms with Gasteiger partial charge in [0.05, 0.1) is 0 Å². The molecular weight excluding hydrogens is 707 g/mol. The second-order valence-electron chi connectivity index (χ2n) is 15.9. The molecule has 0 bridgehead atoms. The molecular formula is C54H35N3O. The second-order valence-corrected chi connectivity index (χ2v) is 15.9. The topological polar surface area (TPSA) is 51.8 Å². The van der Waals surface area contributed by atoms with Crippen LogP contribution in [0.4, 0.5) is 0 Å². The lowest BCUT2D eigenvalue weighted by atomic mass is 9.82. The molecule has 0 aliphatic heterocycles. The van der Waals surface area contributed by atoms with Crippen molar-refractivity contribution in [1.29, 1.82) is 0 Å². The zero-order valence-electron chi connectivity index (χ0n) is 32.0. The molecule has 272 valence electrons. The summed E-state index contributed by atoms with van der Waals surface area (Å²) in [6.07, 6.45) is 0. The molecule has 0 saturated heterocycles. The van der Waals surface area contributed by atoms with Gasteiger partial charge in [0, 0.05) is 32.9 Å². The lowest BCUT2D eigenvalue weighted by Crippen LogP contribution is -2.14. The normalized spacial score (nSPS) is 13.1. The molecule has 2 heterocycles. The lowest BCUT2D eigenvalue weighted by molar-refractivity contribution is 0.660. The minimum absolute atomic E-state index is 0.159. The zero-order chi connectivity index (χ0) is 38.5. The van der Waals surface area contributed by atoms with Crippen LogP contribution in [0.2, 0.25) is 0 Å². The molecule has 58 heavy (non-hydrogen) atoms. The maximum atomic E-state index is 6.58. The van der Waals surface area contributed by atoms with Crippen LogP contribution in [0, 0.1) is 0 Å². The van der Waals surface area contributed by atoms with Crippen molar-refractivity contribution in [1.82, 2.24) is 15.0 Å². The largest absolute Gasteiger partial charge is 0.456 e. The third-order valence-corrected chi connectivity index (χ3v) is 12.3. The summed E-state index contributed by atoms with van der Waals surface area (Å²) in [4.78, 5) is 15.9. The molecule has 0 radical (unpaired) electrons. The van der Waals surface area contributed by atoms with E-state index < -0.39 is 0 Å². The van der Waals surface area contributed by atoms with Crippen molar-refractivity contribution in [2.24, 2.45) is 0 Å². The third-order valence-electron chi connectivity index (χ3n) is 12.3. The number of nitrogens with zero attached hydrogens (tertiary/aromatic N) is 3. The second kappa shape index (κ2) is 12.3. The van der Waals surface area contributed by atoms with Crippen LogP contribution in [-0.4, -0.2) is 15.0 Å². The SMILES string of the molecule is CC1(C)c2ccccc2-c2c(-c3nc(-c4ccc5c(c4)oc4cccc(-c6ccccc6)c45)nc(-c4ccc5c6ccccc6c6ccccc6c5c4)n3)cccc21. The molecule has 1 aliphatic rings. The van der Waals surface area contributed by atoms with E-state index in [9.17, 15) is 0 Å². The molecule has 0 fully saturated rings. The van der Waals surface area contributed by atoms with Gasteiger partial charge in [0.2, 0.25) is 0 Å². The van der Waals surface area contributed by atoms with E-state index in [-0.39, 0.29) is 5.41 Å². The molecule has 4 heteroatoms. The van der Waals surface area contributed by atoms with Crippen molar-refractivity contribution in [3.05, 3.63) is 187 Å². The van der Waals surface area contributed by atoms with E-state index in [1.807, 2.05) is 12.1 Å². The predicted octanol–water partition coefficient (Wildman–Crippen LogP) is 14.2. The number of hydrogen-bond acceptors (Lipinski definition) is 4. The molecule has 1 aliphatic carbocycles. The Labute approximate surface area is 335 Å². The summed E-state index contributed by atoms with van der Waals surface area (Å²) in [5.74, 6) is 1.86. The van der Waals surface area contributed by atoms with Crippen LogP contribution in [0.3, 0.4) is 0 Å². The average molecular weight is 742 g/mol. The van der Waals surface area contributed by atoms with Gasteiger partial charge < -0.3 is 4.42 Å². The maximum absolute atomic E-state index is 6.58. The summed E-state index contributed by atoms with van der Waals surface area (Å²) < 4.78 is 6.58. The highest BCUT2D eigenvalue weighted by molar-refractivity contribution is 6.25. The quantitative estimate of drug-likeness (QED) is 0.169. The lowest BCUT2D eigenvalue weighted by Gasteiger charge is -2.21. The molecule has 0 saturated carbocycles. The van der Waals surface area contributed by atoms with Gasteiger partial charge in [-0.3, -0.25) is 0 Å². The standard InChI is InChI=1S/C54H35N3O/c1-54(2)45-23-11-10-20-41(45)49-43(22-12-24-46(49)54)53-56-51(33-26-28-40-38-18-7-6-16-36(38)37-17-8-9-19-39(37)44(40)30-33)55-52(57-53)34-27-29-42-48(31-34)58-47-25-13-21-35(50(42)47)32-14-4-3-5-15-32/h3-31H,1-2H3. The van der Waals surface area contributed by atoms with Crippen molar-refractivity contribution < 1.29 is 4.42 Å². The highest BCUT2D eigenvalue weighted by Gasteiger charge is 2.37. The van der Waals surface area contributed by atoms with Gasteiger partial charge in [0.25, 0.3) is 0 Å². The van der Waals surface area contributed by atoms with E-state index in [4.69, 9.17) is 19.4 Å². The van der Waals surface area contributed by atoms with Gasteiger partial charge in [-0.25, -0.2) is 15.0 Å². The Bertz CT molecular complexity index is 3450. The number of benzene rings is 9. The first-order valence-electron chi connectivity index (χ1n) is 19.9. The molecule has 4 nitrogen and oxygen atoms in total. The van der Waals surface area contributed by atoms with E-state index in [2.05, 4.69) is 178 Å². The fraction of sp³-hybridized carbons (Fsp3) is 0.0556. The summed E-state index contributed by atoms with van der Waals surface area (Å²) >= 11 is 0. The van der Waals surface area contributed by atoms with Gasteiger partial charge >= 0.3 is 0 Å². The molecule has 0 unspecified atom stereocenters. The molecule has 12 rings (SSSR count). The van der Waals surface area contributed by atoms with Crippen LogP contribution >= 0.6 is 0 Å². The van der Waals surface area contributed by atoms with Crippen molar-refractivity contribution in [3.8, 4) is 56.4 Å². The Kier molecular flexibility index (Phi) is 6.94. The van der Waals surface area contributed by atoms with Crippen LogP contribution in [0.25, 0.3) is 111 Å². The van der Waals surface area contributed by atoms with Gasteiger partial charge in [-0.1, -0.05) is 166 Å². The summed E-state index contributed by atoms with van der Waals surface area (Å²) in [6, 6.07) is 62.4. The number of aromatic nitrogens is 3. The number of fused-ring (bicyclic) bond motifs is 12. The summed E-state index contributed by atoms with van der Waals surface area (Å²) in [5.41, 5.74) is 11.6. The van der Waals surface area contributed by atoms with E-state index in [0.717, 1.165) is 49.8 Å². The van der Waals surface area contributed by atoms with Gasteiger partial charge in [0.1, 0.15) is 11.2 Å². The Morgan fingerprint density at radius 1 is 0.362 bits per heavy atom. The van der Waals surface area contributed by atoms with Crippen molar-refractivity contribution >= 4 is 54.3 Å². The highest BCUT2D eigenvalue weighted by Crippen LogP contribution is 2.52. The van der Waals surface area contributed by atoms with Crippen molar-refractivity contribution in [2.75, 3.05) is 0 Å². The molecule has 0 amide bonds. The van der Waals surface area contributed by atoms with Gasteiger partial charge in [-0.15, -0.1) is 0 Å². The summed E-state index contributed by atoms with van der Waals surface area (Å²) in [5, 5.41) is 9.46. The first kappa shape index (κ1) is 32.8. The zero-order valence-corrected chi connectivity index (χ0v) is 32.0. The fourth-order valence-corrected chi connectivity index (χ4v) is 9.57. The van der Waals surface area contributed by atoms with Crippen LogP contribution in [-0.2, 0) is 5.41 Å². The summed E-state index contributed by atoms with van der Waals surface area (Å²) in [7, 11) is 0. The number of rotatable bonds is 4. The van der Waals surface area contributed by atoms with Gasteiger partial charge in [-0.05, 0) is 90.0 Å². The Balaban J connectivity index is 1.10. The van der Waals surface area contributed by atoms with Crippen molar-refractivity contribution in [2.45, 2.75) is 19.3 Å². The minimum atomic E-state index is -0.159. The molecule has 11 aromatic rings. The highest BCUT2D eigenvalue weighted by atomic mass is 16.3. The van der Waals surface area contributed by atoms with E-state index >= 15 is 0 Å². The number of hydrogen-bond donors (Lipinski definition) is 0. The van der Waals surface area contributed by atoms with Crippen LogP contribution < -0.4 is 0 Å². The van der Waals surface area contributed by atoms with E-state index in [1.54, 1.807) is 0 Å². The Morgan fingerprint density at radius 3 is 1.64 bits per heavy atom. The van der Waals surface area contributed by atoms with Gasteiger partial charge in [0.15, 0.2) is 17.5 Å². The minimum Gasteiger partial charge on any atom is -0.456 e. The Morgan fingerprint density at radius 2 is 0.897 bits per heavy atom. The fourth-order valence-electron chi connectivity index (χ4n) is 9.57. The monoisotopic (exact) mass is 741 g/mol. The first-order valence-corrected chi connectivity index (χ1v) is 19.9. The van der Waals surface area contributed by atoms with Crippen LogP contribution in [0.5, 0.6) is 0 Å². The summed E-state index contributed by atoms with van der Waals surface area (Å²) in [6.45, 7) is 4.61. The third kappa shape index (κ3) is 4.78. The average Bonchev–Trinajstić information content (AvgIpc) is 3.78. The molecule has 2 aromatic heterocycles. The number of furan rings is 1.